The topological polar surface area (TPSA) is 106 Å². The molecule has 1 aliphatic rings. The van der Waals surface area contributed by atoms with Crippen LogP contribution in [0, 0.1) is 6.92 Å². The van der Waals surface area contributed by atoms with E-state index in [9.17, 15) is 19.5 Å². The number of rotatable bonds is 5. The van der Waals surface area contributed by atoms with E-state index in [1.807, 2.05) is 0 Å². The van der Waals surface area contributed by atoms with E-state index in [1.54, 1.807) is 55.5 Å². The van der Waals surface area contributed by atoms with Crippen LogP contribution in [0.15, 0.2) is 58.6 Å². The Morgan fingerprint density at radius 2 is 1.88 bits per heavy atom. The lowest BCUT2D eigenvalue weighted by atomic mass is 9.95. The molecule has 0 spiro atoms. The molecule has 8 nitrogen and oxygen atoms in total. The van der Waals surface area contributed by atoms with Crippen molar-refractivity contribution in [3.63, 3.8) is 0 Å². The van der Waals surface area contributed by atoms with Crippen LogP contribution in [-0.4, -0.2) is 42.0 Å². The molecule has 10 heteroatoms. The van der Waals surface area contributed by atoms with Gasteiger partial charge in [0.25, 0.3) is 5.78 Å². The number of thiazole rings is 1. The molecule has 0 bridgehead atoms. The standard InChI is InChI=1S/C24H19BrN2O6S/c1-12-21(23(31)33-3)34-24(26-12)27-18(13-6-4-8-15(25)10-13)17(20(29)22(27)30)19(28)14-7-5-9-16(11-14)32-2/h4-11,18,28H,1-3H3/t18-/m1/s1. The number of aromatic nitrogens is 1. The molecule has 1 N–H and O–H groups in total. The van der Waals surface area contributed by atoms with Gasteiger partial charge < -0.3 is 14.6 Å². The number of anilines is 1. The Balaban J connectivity index is 1.95. The first-order chi connectivity index (χ1) is 16.3. The molecule has 1 atom stereocenters. The molecule has 0 radical (unpaired) electrons. The molecule has 1 amide bonds. The van der Waals surface area contributed by atoms with Crippen LogP contribution in [0.3, 0.4) is 0 Å². The first-order valence-corrected chi connectivity index (χ1v) is 11.6. The number of hydrogen-bond donors (Lipinski definition) is 1. The number of carbonyl (C=O) groups is 3. The summed E-state index contributed by atoms with van der Waals surface area (Å²) in [6, 6.07) is 12.7. The van der Waals surface area contributed by atoms with Crippen molar-refractivity contribution in [2.45, 2.75) is 13.0 Å². The number of carbonyl (C=O) groups excluding carboxylic acids is 3. The fourth-order valence-electron chi connectivity index (χ4n) is 3.72. The van der Waals surface area contributed by atoms with E-state index in [4.69, 9.17) is 9.47 Å². The molecule has 1 aliphatic heterocycles. The molecule has 0 saturated carbocycles. The SMILES string of the molecule is COC(=O)c1sc(N2C(=O)C(=O)C(=C(O)c3cccc(OC)c3)[C@H]2c2cccc(Br)c2)nc1C. The molecule has 0 aliphatic carbocycles. The van der Waals surface area contributed by atoms with E-state index in [2.05, 4.69) is 20.9 Å². The Morgan fingerprint density at radius 1 is 1.15 bits per heavy atom. The molecule has 2 heterocycles. The Morgan fingerprint density at radius 3 is 2.56 bits per heavy atom. The molecule has 1 saturated heterocycles. The van der Waals surface area contributed by atoms with Gasteiger partial charge in [0.2, 0.25) is 0 Å². The third kappa shape index (κ3) is 4.10. The second kappa shape index (κ2) is 9.40. The van der Waals surface area contributed by atoms with Crippen LogP contribution in [0.25, 0.3) is 5.76 Å². The first-order valence-electron chi connectivity index (χ1n) is 10.0. The van der Waals surface area contributed by atoms with Crippen molar-refractivity contribution in [1.29, 1.82) is 0 Å². The van der Waals surface area contributed by atoms with Crippen molar-refractivity contribution < 1.29 is 29.0 Å². The summed E-state index contributed by atoms with van der Waals surface area (Å²) in [5.41, 5.74) is 1.17. The van der Waals surface area contributed by atoms with Gasteiger partial charge in [-0.1, -0.05) is 51.5 Å². The fraction of sp³-hybridized carbons (Fsp3) is 0.167. The van der Waals surface area contributed by atoms with Crippen LogP contribution >= 0.6 is 27.3 Å². The first kappa shape index (κ1) is 23.7. The van der Waals surface area contributed by atoms with E-state index in [0.29, 0.717) is 22.6 Å². The number of ether oxygens (including phenoxy) is 2. The van der Waals surface area contributed by atoms with Gasteiger partial charge in [0, 0.05) is 10.0 Å². The third-order valence-electron chi connectivity index (χ3n) is 5.31. The zero-order valence-corrected chi connectivity index (χ0v) is 20.8. The van der Waals surface area contributed by atoms with Crippen LogP contribution in [0.5, 0.6) is 5.75 Å². The van der Waals surface area contributed by atoms with Crippen LogP contribution in [0.4, 0.5) is 5.13 Å². The summed E-state index contributed by atoms with van der Waals surface area (Å²) < 4.78 is 10.8. The predicted molar refractivity (Wildman–Crippen MR) is 130 cm³/mol. The normalized spacial score (nSPS) is 17.2. The lowest BCUT2D eigenvalue weighted by Gasteiger charge is -2.23. The minimum Gasteiger partial charge on any atom is -0.507 e. The average molecular weight is 543 g/mol. The van der Waals surface area contributed by atoms with E-state index >= 15 is 0 Å². The number of aryl methyl sites for hydroxylation is 1. The zero-order chi connectivity index (χ0) is 24.6. The number of hydrogen-bond acceptors (Lipinski definition) is 8. The number of aliphatic hydroxyl groups excluding tert-OH is 1. The number of benzene rings is 2. The Labute approximate surface area is 207 Å². The van der Waals surface area contributed by atoms with Crippen LogP contribution in [0.2, 0.25) is 0 Å². The van der Waals surface area contributed by atoms with Crippen molar-refractivity contribution >= 4 is 55.8 Å². The largest absolute Gasteiger partial charge is 0.507 e. The molecule has 34 heavy (non-hydrogen) atoms. The van der Waals surface area contributed by atoms with Crippen LogP contribution < -0.4 is 9.64 Å². The Kier molecular flexibility index (Phi) is 6.54. The summed E-state index contributed by atoms with van der Waals surface area (Å²) in [5.74, 6) is -2.17. The minimum atomic E-state index is -0.972. The number of esters is 1. The summed E-state index contributed by atoms with van der Waals surface area (Å²) in [5, 5.41) is 11.3. The third-order valence-corrected chi connectivity index (χ3v) is 6.94. The van der Waals surface area contributed by atoms with Gasteiger partial charge in [-0.05, 0) is 36.8 Å². The Bertz CT molecular complexity index is 1350. The molecule has 2 aromatic carbocycles. The maximum atomic E-state index is 13.2. The van der Waals surface area contributed by atoms with Gasteiger partial charge in [-0.2, -0.15) is 0 Å². The van der Waals surface area contributed by atoms with Gasteiger partial charge in [-0.3, -0.25) is 14.5 Å². The molecule has 3 aromatic rings. The van der Waals surface area contributed by atoms with Crippen LogP contribution in [0.1, 0.15) is 32.5 Å². The number of halogens is 1. The maximum Gasteiger partial charge on any atom is 0.350 e. The van der Waals surface area contributed by atoms with Gasteiger partial charge in [0.1, 0.15) is 16.4 Å². The van der Waals surface area contributed by atoms with Crippen molar-refractivity contribution in [2.75, 3.05) is 19.1 Å². The van der Waals surface area contributed by atoms with Crippen molar-refractivity contribution in [2.24, 2.45) is 0 Å². The number of Topliss-reactive ketones (excluding diaryl/α,β-unsaturated/α-hetero) is 1. The molecule has 174 valence electrons. The van der Waals surface area contributed by atoms with Gasteiger partial charge in [0.05, 0.1) is 31.5 Å². The van der Waals surface area contributed by atoms with Gasteiger partial charge >= 0.3 is 11.9 Å². The van der Waals surface area contributed by atoms with Crippen molar-refractivity contribution in [3.05, 3.63) is 80.3 Å². The highest BCUT2D eigenvalue weighted by Crippen LogP contribution is 2.44. The minimum absolute atomic E-state index is 0.0937. The molecule has 1 fully saturated rings. The highest BCUT2D eigenvalue weighted by molar-refractivity contribution is 9.10. The van der Waals surface area contributed by atoms with Gasteiger partial charge in [0.15, 0.2) is 5.13 Å². The summed E-state index contributed by atoms with van der Waals surface area (Å²) in [4.78, 5) is 44.4. The Hall–Kier alpha value is -3.50. The van der Waals surface area contributed by atoms with Gasteiger partial charge in [-0.15, -0.1) is 0 Å². The highest BCUT2D eigenvalue weighted by Gasteiger charge is 2.48. The number of amides is 1. The second-order valence-corrected chi connectivity index (χ2v) is 9.25. The summed E-state index contributed by atoms with van der Waals surface area (Å²) >= 11 is 4.37. The molecule has 4 rings (SSSR count). The zero-order valence-electron chi connectivity index (χ0n) is 18.4. The smallest absolute Gasteiger partial charge is 0.350 e. The second-order valence-electron chi connectivity index (χ2n) is 7.36. The van der Waals surface area contributed by atoms with Gasteiger partial charge in [-0.25, -0.2) is 9.78 Å². The predicted octanol–water partition coefficient (Wildman–Crippen LogP) is 4.64. The molecule has 0 unspecified atom stereocenters. The number of nitrogens with zero attached hydrogens (tertiary/aromatic N) is 2. The number of ketones is 1. The molecular weight excluding hydrogens is 524 g/mol. The summed E-state index contributed by atoms with van der Waals surface area (Å²) in [6.07, 6.45) is 0. The van der Waals surface area contributed by atoms with E-state index in [-0.39, 0.29) is 21.3 Å². The van der Waals surface area contributed by atoms with E-state index < -0.39 is 23.7 Å². The van der Waals surface area contributed by atoms with Crippen molar-refractivity contribution in [1.82, 2.24) is 4.98 Å². The quantitative estimate of drug-likeness (QED) is 0.216. The monoisotopic (exact) mass is 542 g/mol. The lowest BCUT2D eigenvalue weighted by molar-refractivity contribution is -0.132. The highest BCUT2D eigenvalue weighted by atomic mass is 79.9. The lowest BCUT2D eigenvalue weighted by Crippen LogP contribution is -2.29. The number of aliphatic hydroxyl groups is 1. The van der Waals surface area contributed by atoms with E-state index in [0.717, 1.165) is 15.8 Å². The molecule has 1 aromatic heterocycles. The maximum absolute atomic E-state index is 13.2. The average Bonchev–Trinajstić information content (AvgIpc) is 3.35. The number of methoxy groups -OCH3 is 2. The molecular formula is C24H19BrN2O6S. The summed E-state index contributed by atoms with van der Waals surface area (Å²) in [7, 11) is 2.74. The van der Waals surface area contributed by atoms with Crippen molar-refractivity contribution in [3.8, 4) is 5.75 Å². The summed E-state index contributed by atoms with van der Waals surface area (Å²) in [6.45, 7) is 1.62. The van der Waals surface area contributed by atoms with E-state index in [1.165, 1.54) is 19.1 Å². The fourth-order valence-corrected chi connectivity index (χ4v) is 5.14. The van der Waals surface area contributed by atoms with Crippen LogP contribution in [-0.2, 0) is 14.3 Å².